The largest absolute Gasteiger partial charge is 0.290 e. The fraction of sp³-hybridized carbons (Fsp3) is 0.200. The summed E-state index contributed by atoms with van der Waals surface area (Å²) < 4.78 is 4.22. The second-order valence-electron chi connectivity index (χ2n) is 6.97. The van der Waals surface area contributed by atoms with Gasteiger partial charge in [0.05, 0.1) is 17.3 Å². The molecular weight excluding hydrogens is 356 g/mol. The molecule has 0 amide bonds. The minimum Gasteiger partial charge on any atom is -0.290 e. The monoisotopic (exact) mass is 372 g/mol. The van der Waals surface area contributed by atoms with Gasteiger partial charge in [-0.15, -0.1) is 11.3 Å². The molecule has 1 saturated carbocycles. The van der Waals surface area contributed by atoms with Gasteiger partial charge in [-0.25, -0.2) is 15.0 Å². The average Bonchev–Trinajstić information content (AvgIpc) is 3.09. The number of benzene rings is 1. The molecule has 0 bridgehead atoms. The number of aromatic nitrogens is 6. The highest BCUT2D eigenvalue weighted by Gasteiger charge is 2.26. The van der Waals surface area contributed by atoms with Crippen molar-refractivity contribution in [2.24, 2.45) is 0 Å². The Balaban J connectivity index is 1.59. The zero-order chi connectivity index (χ0) is 18.0. The Labute approximate surface area is 159 Å². The molecule has 132 valence electrons. The molecule has 0 radical (unpaired) electrons. The van der Waals surface area contributed by atoms with Crippen LogP contribution in [0.15, 0.2) is 48.4 Å². The predicted molar refractivity (Wildman–Crippen MR) is 106 cm³/mol. The lowest BCUT2D eigenvalue weighted by atomic mass is 10.0. The highest BCUT2D eigenvalue weighted by Crippen LogP contribution is 2.38. The summed E-state index contributed by atoms with van der Waals surface area (Å²) >= 11 is 1.64. The molecule has 6 rings (SSSR count). The molecule has 0 unspecified atom stereocenters. The third kappa shape index (κ3) is 2.31. The fourth-order valence-electron chi connectivity index (χ4n) is 3.58. The number of thiazole rings is 1. The third-order valence-corrected chi connectivity index (χ3v) is 5.90. The number of fused-ring (bicyclic) bond motifs is 2. The van der Waals surface area contributed by atoms with Gasteiger partial charge >= 0.3 is 0 Å². The van der Waals surface area contributed by atoms with Crippen LogP contribution in [0.25, 0.3) is 38.5 Å². The van der Waals surface area contributed by atoms with Crippen molar-refractivity contribution in [1.82, 2.24) is 29.1 Å². The molecule has 1 aliphatic rings. The van der Waals surface area contributed by atoms with Crippen molar-refractivity contribution in [3.05, 3.63) is 54.1 Å². The van der Waals surface area contributed by atoms with Crippen molar-refractivity contribution in [2.75, 3.05) is 0 Å². The molecule has 5 aromatic rings. The number of aryl methyl sites for hydroxylation is 1. The van der Waals surface area contributed by atoms with Crippen molar-refractivity contribution in [1.29, 1.82) is 0 Å². The van der Waals surface area contributed by atoms with Gasteiger partial charge in [0.25, 0.3) is 0 Å². The number of hydrogen-bond donors (Lipinski definition) is 0. The first-order chi connectivity index (χ1) is 13.3. The molecule has 0 atom stereocenters. The minimum atomic E-state index is 0.561. The Morgan fingerprint density at radius 3 is 2.93 bits per heavy atom. The van der Waals surface area contributed by atoms with Crippen LogP contribution in [0.2, 0.25) is 0 Å². The second-order valence-corrected chi connectivity index (χ2v) is 7.84. The van der Waals surface area contributed by atoms with Gasteiger partial charge < -0.3 is 0 Å². The summed E-state index contributed by atoms with van der Waals surface area (Å²) in [6.45, 7) is 2.02. The quantitative estimate of drug-likeness (QED) is 0.467. The fourth-order valence-corrected chi connectivity index (χ4v) is 4.29. The van der Waals surface area contributed by atoms with Crippen LogP contribution in [0.1, 0.15) is 24.6 Å². The van der Waals surface area contributed by atoms with E-state index >= 15 is 0 Å². The maximum Gasteiger partial charge on any atom is 0.194 e. The lowest BCUT2D eigenvalue weighted by Gasteiger charge is -2.06. The number of nitrogens with zero attached hydrogens (tertiary/aromatic N) is 6. The van der Waals surface area contributed by atoms with E-state index in [9.17, 15) is 0 Å². The molecule has 0 saturated heterocycles. The molecule has 0 aliphatic heterocycles. The van der Waals surface area contributed by atoms with E-state index in [1.165, 1.54) is 12.8 Å². The molecule has 0 N–H and O–H groups in total. The molecule has 4 heterocycles. The van der Waals surface area contributed by atoms with Gasteiger partial charge in [0.1, 0.15) is 17.7 Å². The maximum absolute atomic E-state index is 4.89. The van der Waals surface area contributed by atoms with Crippen LogP contribution >= 0.6 is 11.3 Å². The summed E-state index contributed by atoms with van der Waals surface area (Å²) in [5, 5.41) is 7.93. The molecule has 7 heteroatoms. The Kier molecular flexibility index (Phi) is 3.05. The highest BCUT2D eigenvalue weighted by atomic mass is 32.1. The Morgan fingerprint density at radius 2 is 2.04 bits per heavy atom. The topological polar surface area (TPSA) is 60.9 Å². The maximum atomic E-state index is 4.89. The summed E-state index contributed by atoms with van der Waals surface area (Å²) in [4.78, 5) is 14.6. The van der Waals surface area contributed by atoms with Crippen LogP contribution in [0.5, 0.6) is 0 Å². The zero-order valence-electron chi connectivity index (χ0n) is 14.7. The van der Waals surface area contributed by atoms with Crippen LogP contribution < -0.4 is 0 Å². The van der Waals surface area contributed by atoms with Gasteiger partial charge in [0.2, 0.25) is 0 Å². The van der Waals surface area contributed by atoms with E-state index in [4.69, 9.17) is 10.1 Å². The molecule has 4 aromatic heterocycles. The smallest absolute Gasteiger partial charge is 0.194 e. The Hall–Kier alpha value is -3.06. The van der Waals surface area contributed by atoms with Crippen LogP contribution in [0, 0.1) is 6.92 Å². The van der Waals surface area contributed by atoms with Crippen LogP contribution in [0.4, 0.5) is 0 Å². The first-order valence-electron chi connectivity index (χ1n) is 9.01. The molecule has 6 nitrogen and oxygen atoms in total. The summed E-state index contributed by atoms with van der Waals surface area (Å²) in [6, 6.07) is 8.96. The van der Waals surface area contributed by atoms with Gasteiger partial charge in [0, 0.05) is 34.4 Å². The van der Waals surface area contributed by atoms with Crippen LogP contribution in [-0.2, 0) is 0 Å². The van der Waals surface area contributed by atoms with E-state index < -0.39 is 0 Å². The molecule has 1 aliphatic carbocycles. The Bertz CT molecular complexity index is 1310. The Morgan fingerprint density at radius 1 is 1.11 bits per heavy atom. The second kappa shape index (κ2) is 5.47. The lowest BCUT2D eigenvalue weighted by Crippen LogP contribution is -1.95. The first-order valence-corrected chi connectivity index (χ1v) is 9.89. The lowest BCUT2D eigenvalue weighted by molar-refractivity contribution is 0.643. The van der Waals surface area contributed by atoms with Gasteiger partial charge in [-0.3, -0.25) is 9.08 Å². The minimum absolute atomic E-state index is 0.561. The van der Waals surface area contributed by atoms with Crippen molar-refractivity contribution in [3.63, 3.8) is 0 Å². The molecule has 1 fully saturated rings. The number of hydrogen-bond acceptors (Lipinski definition) is 5. The van der Waals surface area contributed by atoms with Crippen molar-refractivity contribution in [3.8, 4) is 22.6 Å². The zero-order valence-corrected chi connectivity index (χ0v) is 15.5. The summed E-state index contributed by atoms with van der Waals surface area (Å²) in [6.07, 6.45) is 8.19. The number of imidazole rings is 1. The van der Waals surface area contributed by atoms with E-state index in [0.717, 1.165) is 44.2 Å². The van der Waals surface area contributed by atoms with Crippen LogP contribution in [-0.4, -0.2) is 29.1 Å². The number of rotatable bonds is 3. The van der Waals surface area contributed by atoms with Crippen molar-refractivity contribution in [2.45, 2.75) is 25.8 Å². The van der Waals surface area contributed by atoms with E-state index in [2.05, 4.69) is 61.1 Å². The predicted octanol–water partition coefficient (Wildman–Crippen LogP) is 4.51. The van der Waals surface area contributed by atoms with Gasteiger partial charge in [-0.1, -0.05) is 6.07 Å². The third-order valence-electron chi connectivity index (χ3n) is 5.14. The summed E-state index contributed by atoms with van der Waals surface area (Å²) in [5.41, 5.74) is 5.95. The van der Waals surface area contributed by atoms with Crippen molar-refractivity contribution < 1.29 is 0 Å². The average molecular weight is 372 g/mol. The van der Waals surface area contributed by atoms with E-state index in [1.807, 2.05) is 6.92 Å². The summed E-state index contributed by atoms with van der Waals surface area (Å²) in [5.74, 6) is 0. The van der Waals surface area contributed by atoms with E-state index in [1.54, 1.807) is 17.7 Å². The van der Waals surface area contributed by atoms with Crippen LogP contribution in [0.3, 0.4) is 0 Å². The molecule has 0 spiro atoms. The molecule has 27 heavy (non-hydrogen) atoms. The first kappa shape index (κ1) is 15.0. The summed E-state index contributed by atoms with van der Waals surface area (Å²) in [7, 11) is 0. The van der Waals surface area contributed by atoms with Gasteiger partial charge in [-0.05, 0) is 38.0 Å². The highest BCUT2D eigenvalue weighted by molar-refractivity contribution is 7.15. The standard InChI is InChI=1S/C20H16N6S/c1-12-15-10-13(2-5-16(15)22-11-21-12)19-18(23-20-25(19)8-9-27-20)17-6-7-26(24-17)14-3-4-14/h2,5-11,14H,3-4H2,1H3. The molecular formula is C20H16N6S. The van der Waals surface area contributed by atoms with E-state index in [-0.39, 0.29) is 0 Å². The van der Waals surface area contributed by atoms with Crippen molar-refractivity contribution >= 4 is 27.2 Å². The normalized spacial score (nSPS) is 14.4. The van der Waals surface area contributed by atoms with Gasteiger partial charge in [0.15, 0.2) is 4.96 Å². The van der Waals surface area contributed by atoms with E-state index in [0.29, 0.717) is 6.04 Å². The SMILES string of the molecule is Cc1ncnc2ccc(-c3c(-c4ccn(C5CC5)n4)nc4sccn34)cc12. The molecule has 1 aromatic carbocycles. The van der Waals surface area contributed by atoms with Gasteiger partial charge in [-0.2, -0.15) is 5.10 Å².